The van der Waals surface area contributed by atoms with E-state index in [1.807, 2.05) is 0 Å². The molecule has 0 spiro atoms. The molecule has 1 fully saturated rings. The van der Waals surface area contributed by atoms with E-state index in [0.29, 0.717) is 36.2 Å². The molecule has 3 aromatic rings. The highest BCUT2D eigenvalue weighted by molar-refractivity contribution is 7.93. The Hall–Kier alpha value is -3.18. The fraction of sp³-hybridized carbons (Fsp3) is 0.350. The Labute approximate surface area is 178 Å². The van der Waals surface area contributed by atoms with Gasteiger partial charge >= 0.3 is 0 Å². The van der Waals surface area contributed by atoms with Crippen molar-refractivity contribution >= 4 is 21.4 Å². The lowest BCUT2D eigenvalue weighted by atomic mass is 10.1. The van der Waals surface area contributed by atoms with Crippen LogP contribution in [0.2, 0.25) is 0 Å². The van der Waals surface area contributed by atoms with Gasteiger partial charge in [-0.2, -0.15) is 0 Å². The molecule has 0 unspecified atom stereocenters. The monoisotopic (exact) mass is 446 g/mol. The predicted octanol–water partition coefficient (Wildman–Crippen LogP) is 1.69. The maximum absolute atomic E-state index is 12.8. The number of pyridine rings is 2. The lowest BCUT2D eigenvalue weighted by molar-refractivity contribution is 0.145. The molecule has 0 saturated heterocycles. The van der Waals surface area contributed by atoms with Gasteiger partial charge in [0.1, 0.15) is 17.9 Å². The van der Waals surface area contributed by atoms with Crippen LogP contribution >= 0.6 is 0 Å². The number of rotatable bonds is 9. The van der Waals surface area contributed by atoms with Crippen molar-refractivity contribution < 1.29 is 22.6 Å². The van der Waals surface area contributed by atoms with Crippen LogP contribution in [0.15, 0.2) is 41.6 Å². The van der Waals surface area contributed by atoms with Crippen LogP contribution in [0.4, 0.5) is 5.69 Å². The number of hydrogen-bond donors (Lipinski definition) is 1. The van der Waals surface area contributed by atoms with Gasteiger partial charge in [-0.1, -0.05) is 0 Å². The summed E-state index contributed by atoms with van der Waals surface area (Å²) in [4.78, 5) is 21.2. The zero-order valence-electron chi connectivity index (χ0n) is 17.1. The smallest absolute Gasteiger partial charge is 0.300 e. The number of nitrogens with one attached hydrogen (secondary N) is 1. The minimum absolute atomic E-state index is 0.109. The summed E-state index contributed by atoms with van der Waals surface area (Å²) in [6.07, 6.45) is 5.82. The Morgan fingerprint density at radius 3 is 2.65 bits per heavy atom. The molecule has 4 rings (SSSR count). The number of fused-ring (bicyclic) bond motifs is 1. The van der Waals surface area contributed by atoms with Gasteiger partial charge in [-0.3, -0.25) is 13.9 Å². The Morgan fingerprint density at radius 2 is 1.94 bits per heavy atom. The summed E-state index contributed by atoms with van der Waals surface area (Å²) in [6.45, 7) is 0.575. The molecular formula is C20H22N4O6S. The quantitative estimate of drug-likeness (QED) is 0.493. The topological polar surface area (TPSA) is 121 Å². The molecule has 0 aliphatic heterocycles. The molecule has 1 N–H and O–H groups in total. The van der Waals surface area contributed by atoms with Crippen LogP contribution in [0.25, 0.3) is 16.8 Å². The van der Waals surface area contributed by atoms with Crippen molar-refractivity contribution in [2.75, 3.05) is 32.2 Å². The standard InChI is InChI=1S/C20H22N4O6S/c1-28-7-8-30-17-11-21-18-6-3-13(12-24(18)20(17)25)14-9-16(19(29-2)22-10-14)23-31(26,27)15-4-5-15/h3,6,9-12,15,23H,4-5,7-8H2,1-2H3. The molecule has 164 valence electrons. The number of ether oxygens (including phenoxy) is 3. The highest BCUT2D eigenvalue weighted by Gasteiger charge is 2.36. The van der Waals surface area contributed by atoms with Crippen LogP contribution in [-0.4, -0.2) is 55.5 Å². The van der Waals surface area contributed by atoms with E-state index in [1.165, 1.54) is 17.7 Å². The van der Waals surface area contributed by atoms with Crippen LogP contribution in [0, 0.1) is 0 Å². The summed E-state index contributed by atoms with van der Waals surface area (Å²) >= 11 is 0. The number of sulfonamides is 1. The minimum atomic E-state index is -3.49. The van der Waals surface area contributed by atoms with Crippen LogP contribution in [0.1, 0.15) is 12.8 Å². The molecule has 0 bridgehead atoms. The van der Waals surface area contributed by atoms with E-state index in [0.717, 1.165) is 0 Å². The van der Waals surface area contributed by atoms with Gasteiger partial charge < -0.3 is 14.2 Å². The fourth-order valence-electron chi connectivity index (χ4n) is 3.02. The molecule has 0 atom stereocenters. The Morgan fingerprint density at radius 1 is 1.13 bits per heavy atom. The number of anilines is 1. The van der Waals surface area contributed by atoms with E-state index in [4.69, 9.17) is 14.2 Å². The Balaban J connectivity index is 1.71. The highest BCUT2D eigenvalue weighted by atomic mass is 32.2. The summed E-state index contributed by atoms with van der Waals surface area (Å²) in [5.41, 5.74) is 1.58. The first-order chi connectivity index (χ1) is 14.9. The summed E-state index contributed by atoms with van der Waals surface area (Å²) in [6, 6.07) is 5.09. The first-order valence-electron chi connectivity index (χ1n) is 9.62. The molecule has 1 aliphatic carbocycles. The van der Waals surface area contributed by atoms with Crippen molar-refractivity contribution in [2.24, 2.45) is 0 Å². The molecule has 1 saturated carbocycles. The highest BCUT2D eigenvalue weighted by Crippen LogP contribution is 2.34. The van der Waals surface area contributed by atoms with Crippen LogP contribution in [-0.2, 0) is 14.8 Å². The maximum atomic E-state index is 12.8. The van der Waals surface area contributed by atoms with Crippen molar-refractivity contribution in [3.8, 4) is 22.8 Å². The average molecular weight is 446 g/mol. The van der Waals surface area contributed by atoms with Crippen LogP contribution < -0.4 is 19.8 Å². The molecule has 0 amide bonds. The summed E-state index contributed by atoms with van der Waals surface area (Å²) in [5, 5.41) is -0.386. The molecule has 10 nitrogen and oxygen atoms in total. The van der Waals surface area contributed by atoms with E-state index in [9.17, 15) is 13.2 Å². The van der Waals surface area contributed by atoms with Crippen molar-refractivity contribution in [3.63, 3.8) is 0 Å². The first kappa shape index (κ1) is 21.1. The summed E-state index contributed by atoms with van der Waals surface area (Å²) < 4.78 is 44.3. The molecule has 1 aliphatic rings. The van der Waals surface area contributed by atoms with Crippen LogP contribution in [0.3, 0.4) is 0 Å². The third-order valence-corrected chi connectivity index (χ3v) is 6.66. The number of methoxy groups -OCH3 is 2. The van der Waals surface area contributed by atoms with E-state index in [-0.39, 0.29) is 34.7 Å². The molecule has 31 heavy (non-hydrogen) atoms. The van der Waals surface area contributed by atoms with E-state index in [2.05, 4.69) is 14.7 Å². The SMILES string of the molecule is COCCOc1cnc2ccc(-c3cnc(OC)c(NS(=O)(=O)C4CC4)c3)cn2c1=O. The van der Waals surface area contributed by atoms with Gasteiger partial charge in [0.25, 0.3) is 5.56 Å². The van der Waals surface area contributed by atoms with Gasteiger partial charge in [-0.25, -0.2) is 18.4 Å². The van der Waals surface area contributed by atoms with E-state index >= 15 is 0 Å². The van der Waals surface area contributed by atoms with Gasteiger partial charge in [-0.05, 0) is 31.0 Å². The summed E-state index contributed by atoms with van der Waals surface area (Å²) in [5.74, 6) is 0.277. The maximum Gasteiger partial charge on any atom is 0.300 e. The molecule has 0 aromatic carbocycles. The lowest BCUT2D eigenvalue weighted by Crippen LogP contribution is -2.19. The van der Waals surface area contributed by atoms with Gasteiger partial charge in [0, 0.05) is 30.6 Å². The zero-order chi connectivity index (χ0) is 22.0. The molecule has 3 heterocycles. The molecule has 3 aromatic heterocycles. The van der Waals surface area contributed by atoms with Gasteiger partial charge in [0.15, 0.2) is 0 Å². The van der Waals surface area contributed by atoms with Gasteiger partial charge in [-0.15, -0.1) is 0 Å². The largest absolute Gasteiger partial charge is 0.484 e. The van der Waals surface area contributed by atoms with Crippen molar-refractivity contribution in [3.05, 3.63) is 47.1 Å². The number of aromatic nitrogens is 3. The Bertz CT molecular complexity index is 1270. The second kappa shape index (κ2) is 8.52. The number of hydrogen-bond acceptors (Lipinski definition) is 8. The minimum Gasteiger partial charge on any atom is -0.484 e. The van der Waals surface area contributed by atoms with Crippen molar-refractivity contribution in [2.45, 2.75) is 18.1 Å². The third kappa shape index (κ3) is 4.47. The zero-order valence-corrected chi connectivity index (χ0v) is 17.9. The fourth-order valence-corrected chi connectivity index (χ4v) is 4.40. The van der Waals surface area contributed by atoms with E-state index in [1.54, 1.807) is 37.7 Å². The molecular weight excluding hydrogens is 424 g/mol. The second-order valence-corrected chi connectivity index (χ2v) is 9.00. The van der Waals surface area contributed by atoms with Crippen LogP contribution in [0.5, 0.6) is 11.6 Å². The van der Waals surface area contributed by atoms with Gasteiger partial charge in [0.2, 0.25) is 21.7 Å². The van der Waals surface area contributed by atoms with Gasteiger partial charge in [0.05, 0.1) is 25.2 Å². The van der Waals surface area contributed by atoms with Crippen molar-refractivity contribution in [1.29, 1.82) is 0 Å². The predicted molar refractivity (Wildman–Crippen MR) is 114 cm³/mol. The van der Waals surface area contributed by atoms with Crippen molar-refractivity contribution in [1.82, 2.24) is 14.4 Å². The summed E-state index contributed by atoms with van der Waals surface area (Å²) in [7, 11) is -0.527. The first-order valence-corrected chi connectivity index (χ1v) is 11.2. The second-order valence-electron chi connectivity index (χ2n) is 7.04. The third-order valence-electron chi connectivity index (χ3n) is 4.81. The lowest BCUT2D eigenvalue weighted by Gasteiger charge is -2.13. The molecule has 11 heteroatoms. The normalized spacial score (nSPS) is 13.9. The Kier molecular flexibility index (Phi) is 5.79. The molecule has 0 radical (unpaired) electrons. The average Bonchev–Trinajstić information content (AvgIpc) is 3.61. The number of nitrogens with zero attached hydrogens (tertiary/aromatic N) is 3. The van der Waals surface area contributed by atoms with E-state index < -0.39 is 10.0 Å².